The highest BCUT2D eigenvalue weighted by Crippen LogP contribution is 2.36. The maximum Gasteiger partial charge on any atom is 0.273 e. The molecule has 0 unspecified atom stereocenters. The smallest absolute Gasteiger partial charge is 0.273 e. The van der Waals surface area contributed by atoms with Gasteiger partial charge in [0.25, 0.3) is 11.2 Å². The third-order valence-electron chi connectivity index (χ3n) is 4.30. The molecule has 0 bridgehead atoms. The van der Waals surface area contributed by atoms with Crippen molar-refractivity contribution in [3.8, 4) is 5.75 Å². The minimum absolute atomic E-state index is 0.000999. The number of benzene rings is 2. The van der Waals surface area contributed by atoms with Crippen LogP contribution in [-0.4, -0.2) is 26.8 Å². The second-order valence-electron chi connectivity index (χ2n) is 6.27. The van der Waals surface area contributed by atoms with Crippen molar-refractivity contribution < 1.29 is 9.66 Å². The summed E-state index contributed by atoms with van der Waals surface area (Å²) in [5.74, 6) is 1.04. The molecule has 138 valence electrons. The molecule has 0 saturated heterocycles. The van der Waals surface area contributed by atoms with Gasteiger partial charge < -0.3 is 4.74 Å². The summed E-state index contributed by atoms with van der Waals surface area (Å²) in [6.07, 6.45) is 2.00. The van der Waals surface area contributed by atoms with E-state index < -0.39 is 4.92 Å². The lowest BCUT2D eigenvalue weighted by Crippen LogP contribution is -2.22. The van der Waals surface area contributed by atoms with Crippen molar-refractivity contribution in [2.24, 2.45) is 0 Å². The summed E-state index contributed by atoms with van der Waals surface area (Å²) in [5.41, 5.74) is 0.700. The number of ether oxygens (including phenoxy) is 1. The molecule has 0 aliphatic heterocycles. The normalized spacial score (nSPS) is 13.6. The van der Waals surface area contributed by atoms with Gasteiger partial charge in [0.2, 0.25) is 0 Å². The van der Waals surface area contributed by atoms with Crippen LogP contribution in [-0.2, 0) is 0 Å². The van der Waals surface area contributed by atoms with Crippen LogP contribution in [0, 0.1) is 10.1 Å². The second kappa shape index (κ2) is 7.40. The number of para-hydroxylation sites is 1. The topological polar surface area (TPSA) is 87.3 Å². The van der Waals surface area contributed by atoms with Crippen molar-refractivity contribution in [3.05, 3.63) is 69.0 Å². The molecule has 1 fully saturated rings. The summed E-state index contributed by atoms with van der Waals surface area (Å²) in [6.45, 7) is 0.360. The molecule has 1 aliphatic carbocycles. The number of hydrogen-bond donors (Lipinski definition) is 0. The molecule has 1 saturated carbocycles. The number of thioether (sulfide) groups is 1. The lowest BCUT2D eigenvalue weighted by molar-refractivity contribution is -0.384. The molecule has 0 N–H and O–H groups in total. The molecule has 0 atom stereocenters. The summed E-state index contributed by atoms with van der Waals surface area (Å²) in [4.78, 5) is 27.8. The fraction of sp³-hybridized carbons (Fsp3) is 0.263. The number of nitrogens with zero attached hydrogens (tertiary/aromatic N) is 3. The Balaban J connectivity index is 1.48. The Hall–Kier alpha value is -2.87. The molecule has 1 heterocycles. The summed E-state index contributed by atoms with van der Waals surface area (Å²) in [5, 5.41) is 12.2. The minimum Gasteiger partial charge on any atom is -0.492 e. The van der Waals surface area contributed by atoms with Crippen LogP contribution in [0.1, 0.15) is 18.9 Å². The van der Waals surface area contributed by atoms with E-state index in [1.807, 2.05) is 24.3 Å². The molecule has 0 radical (unpaired) electrons. The van der Waals surface area contributed by atoms with Gasteiger partial charge in [0.05, 0.1) is 28.5 Å². The molecule has 1 aliphatic rings. The average molecular weight is 383 g/mol. The van der Waals surface area contributed by atoms with E-state index in [2.05, 4.69) is 4.98 Å². The molecule has 3 aromatic rings. The molecule has 1 aromatic heterocycles. The number of aromatic nitrogens is 2. The van der Waals surface area contributed by atoms with Gasteiger partial charge in [0, 0.05) is 17.9 Å². The zero-order valence-corrected chi connectivity index (χ0v) is 15.2. The van der Waals surface area contributed by atoms with Gasteiger partial charge >= 0.3 is 0 Å². The zero-order chi connectivity index (χ0) is 18.8. The monoisotopic (exact) mass is 383 g/mol. The lowest BCUT2D eigenvalue weighted by atomic mass is 10.2. The van der Waals surface area contributed by atoms with Gasteiger partial charge in [0.1, 0.15) is 5.75 Å². The SMILES string of the molecule is O=c1c2ccccc2nc(SCCOc2cccc([N+](=O)[O-])c2)n1C1CC1. The Morgan fingerprint density at radius 2 is 2.04 bits per heavy atom. The first-order chi connectivity index (χ1) is 13.1. The van der Waals surface area contributed by atoms with Crippen LogP contribution in [0.2, 0.25) is 0 Å². The fourth-order valence-corrected chi connectivity index (χ4v) is 3.74. The first-order valence-electron chi connectivity index (χ1n) is 8.65. The second-order valence-corrected chi connectivity index (χ2v) is 7.33. The van der Waals surface area contributed by atoms with Gasteiger partial charge in [0.15, 0.2) is 5.16 Å². The van der Waals surface area contributed by atoms with E-state index in [1.54, 1.807) is 16.7 Å². The predicted molar refractivity (Wildman–Crippen MR) is 104 cm³/mol. The first-order valence-corrected chi connectivity index (χ1v) is 9.63. The van der Waals surface area contributed by atoms with E-state index >= 15 is 0 Å². The van der Waals surface area contributed by atoms with E-state index in [-0.39, 0.29) is 17.3 Å². The molecule has 8 heteroatoms. The van der Waals surface area contributed by atoms with E-state index in [0.717, 1.165) is 12.8 Å². The summed E-state index contributed by atoms with van der Waals surface area (Å²) in [7, 11) is 0. The minimum atomic E-state index is -0.449. The number of rotatable bonds is 7. The van der Waals surface area contributed by atoms with Crippen LogP contribution in [0.3, 0.4) is 0 Å². The van der Waals surface area contributed by atoms with Crippen LogP contribution >= 0.6 is 11.8 Å². The quantitative estimate of drug-likeness (QED) is 0.203. The molecule has 0 spiro atoms. The number of nitro benzene ring substituents is 1. The highest BCUT2D eigenvalue weighted by Gasteiger charge is 2.28. The van der Waals surface area contributed by atoms with Crippen LogP contribution in [0.15, 0.2) is 58.5 Å². The Morgan fingerprint density at radius 3 is 2.81 bits per heavy atom. The van der Waals surface area contributed by atoms with Crippen molar-refractivity contribution in [1.82, 2.24) is 9.55 Å². The third-order valence-corrected chi connectivity index (χ3v) is 5.22. The van der Waals surface area contributed by atoms with E-state index in [4.69, 9.17) is 4.74 Å². The van der Waals surface area contributed by atoms with Crippen LogP contribution in [0.25, 0.3) is 10.9 Å². The zero-order valence-electron chi connectivity index (χ0n) is 14.4. The van der Waals surface area contributed by atoms with Gasteiger partial charge in [-0.3, -0.25) is 19.5 Å². The Labute approximate surface area is 159 Å². The number of hydrogen-bond acceptors (Lipinski definition) is 6. The molecule has 0 amide bonds. The summed E-state index contributed by atoms with van der Waals surface area (Å²) in [6, 6.07) is 13.7. The van der Waals surface area contributed by atoms with Gasteiger partial charge in [-0.15, -0.1) is 0 Å². The number of nitro groups is 1. The summed E-state index contributed by atoms with van der Waals surface area (Å²) >= 11 is 1.47. The van der Waals surface area contributed by atoms with Gasteiger partial charge in [-0.05, 0) is 31.0 Å². The van der Waals surface area contributed by atoms with Crippen molar-refractivity contribution >= 4 is 28.4 Å². The Kier molecular flexibility index (Phi) is 4.81. The van der Waals surface area contributed by atoms with E-state index in [9.17, 15) is 14.9 Å². The van der Waals surface area contributed by atoms with Gasteiger partial charge in [-0.25, -0.2) is 4.98 Å². The van der Waals surface area contributed by atoms with E-state index in [0.29, 0.717) is 34.2 Å². The molecule has 2 aromatic carbocycles. The molecule has 7 nitrogen and oxygen atoms in total. The van der Waals surface area contributed by atoms with Crippen LogP contribution < -0.4 is 10.3 Å². The van der Waals surface area contributed by atoms with Gasteiger partial charge in [-0.1, -0.05) is 30.0 Å². The molecular formula is C19H17N3O4S. The standard InChI is InChI=1S/C19H17N3O4S/c23-18-16-6-1-2-7-17(16)20-19(21(18)13-8-9-13)27-11-10-26-15-5-3-4-14(12-15)22(24)25/h1-7,12-13H,8-11H2. The largest absolute Gasteiger partial charge is 0.492 e. The Morgan fingerprint density at radius 1 is 1.22 bits per heavy atom. The van der Waals surface area contributed by atoms with Crippen molar-refractivity contribution in [3.63, 3.8) is 0 Å². The highest BCUT2D eigenvalue weighted by molar-refractivity contribution is 7.99. The van der Waals surface area contributed by atoms with Crippen LogP contribution in [0.5, 0.6) is 5.75 Å². The third kappa shape index (κ3) is 3.80. The maximum atomic E-state index is 12.8. The lowest BCUT2D eigenvalue weighted by Gasteiger charge is -2.12. The van der Waals surface area contributed by atoms with Crippen LogP contribution in [0.4, 0.5) is 5.69 Å². The van der Waals surface area contributed by atoms with E-state index in [1.165, 1.54) is 23.9 Å². The summed E-state index contributed by atoms with van der Waals surface area (Å²) < 4.78 is 7.40. The number of fused-ring (bicyclic) bond motifs is 1. The van der Waals surface area contributed by atoms with Crippen molar-refractivity contribution in [2.45, 2.75) is 24.0 Å². The molecule has 27 heavy (non-hydrogen) atoms. The van der Waals surface area contributed by atoms with Gasteiger partial charge in [-0.2, -0.15) is 0 Å². The van der Waals surface area contributed by atoms with Crippen molar-refractivity contribution in [2.75, 3.05) is 12.4 Å². The maximum absolute atomic E-state index is 12.8. The average Bonchev–Trinajstić information content (AvgIpc) is 3.50. The Bertz CT molecular complexity index is 1060. The predicted octanol–water partition coefficient (Wildman–Crippen LogP) is 3.81. The van der Waals surface area contributed by atoms with Crippen molar-refractivity contribution in [1.29, 1.82) is 0 Å². The molecular weight excluding hydrogens is 366 g/mol. The first kappa shape index (κ1) is 17.5. The number of non-ortho nitro benzene ring substituents is 1. The fourth-order valence-electron chi connectivity index (χ4n) is 2.86. The molecule has 4 rings (SSSR count). The highest BCUT2D eigenvalue weighted by atomic mass is 32.2.